The van der Waals surface area contributed by atoms with Crippen LogP contribution in [0.15, 0.2) is 0 Å². The van der Waals surface area contributed by atoms with Crippen molar-refractivity contribution in [2.24, 2.45) is 5.73 Å². The van der Waals surface area contributed by atoms with Gasteiger partial charge in [-0.25, -0.2) is 0 Å². The Kier molecular flexibility index (Phi) is 4.11. The summed E-state index contributed by atoms with van der Waals surface area (Å²) in [5, 5.41) is 0. The molecule has 4 heteroatoms. The van der Waals surface area contributed by atoms with Gasteiger partial charge >= 0.3 is 5.97 Å². The van der Waals surface area contributed by atoms with E-state index in [0.29, 0.717) is 6.54 Å². The van der Waals surface area contributed by atoms with Crippen molar-refractivity contribution in [2.75, 3.05) is 19.6 Å². The van der Waals surface area contributed by atoms with Crippen molar-refractivity contribution in [1.82, 2.24) is 4.90 Å². The van der Waals surface area contributed by atoms with Crippen molar-refractivity contribution in [3.8, 4) is 0 Å². The van der Waals surface area contributed by atoms with Gasteiger partial charge in [0.25, 0.3) is 0 Å². The average molecular weight is 214 g/mol. The third-order valence-electron chi connectivity index (χ3n) is 2.36. The van der Waals surface area contributed by atoms with Crippen LogP contribution in [0, 0.1) is 0 Å². The zero-order chi connectivity index (χ0) is 11.5. The number of carbonyl (C=O) groups is 1. The molecule has 15 heavy (non-hydrogen) atoms. The second kappa shape index (κ2) is 4.94. The molecule has 88 valence electrons. The van der Waals surface area contributed by atoms with Gasteiger partial charge in [-0.15, -0.1) is 0 Å². The largest absolute Gasteiger partial charge is 0.459 e. The first-order valence-corrected chi connectivity index (χ1v) is 5.59. The minimum absolute atomic E-state index is 0.297. The van der Waals surface area contributed by atoms with Gasteiger partial charge in [0, 0.05) is 6.54 Å². The maximum Gasteiger partial charge on any atom is 0.324 e. The fraction of sp³-hybridized carbons (Fsp3) is 0.909. The molecule has 2 N–H and O–H groups in total. The van der Waals surface area contributed by atoms with Crippen molar-refractivity contribution in [3.05, 3.63) is 0 Å². The number of nitrogens with two attached hydrogens (primary N) is 1. The maximum absolute atomic E-state index is 11.6. The van der Waals surface area contributed by atoms with Crippen molar-refractivity contribution < 1.29 is 9.53 Å². The van der Waals surface area contributed by atoms with Gasteiger partial charge in [-0.2, -0.15) is 0 Å². The Labute approximate surface area is 91.8 Å². The summed E-state index contributed by atoms with van der Waals surface area (Å²) in [7, 11) is 0. The summed E-state index contributed by atoms with van der Waals surface area (Å²) in [4.78, 5) is 13.8. The standard InChI is InChI=1S/C11H22N2O2/c1-11(2,3)15-10(14)9(12)8-13-6-4-5-7-13/h9H,4-8,12H2,1-3H3. The first kappa shape index (κ1) is 12.5. The van der Waals surface area contributed by atoms with Crippen molar-refractivity contribution in [2.45, 2.75) is 45.3 Å². The van der Waals surface area contributed by atoms with Crippen LogP contribution in [0.5, 0.6) is 0 Å². The Balaban J connectivity index is 2.32. The summed E-state index contributed by atoms with van der Waals surface area (Å²) in [6, 6.07) is -0.512. The SMILES string of the molecule is CC(C)(C)OC(=O)C(N)CN1CCCC1. The third-order valence-corrected chi connectivity index (χ3v) is 2.36. The molecule has 0 aromatic heterocycles. The van der Waals surface area contributed by atoms with Gasteiger partial charge in [-0.05, 0) is 46.7 Å². The molecule has 0 saturated carbocycles. The van der Waals surface area contributed by atoms with E-state index in [1.807, 2.05) is 20.8 Å². The highest BCUT2D eigenvalue weighted by Gasteiger charge is 2.24. The lowest BCUT2D eigenvalue weighted by atomic mass is 10.2. The van der Waals surface area contributed by atoms with Crippen LogP contribution in [0.2, 0.25) is 0 Å². The average Bonchev–Trinajstić information content (AvgIpc) is 2.53. The summed E-state index contributed by atoms with van der Waals surface area (Å²) in [5.74, 6) is -0.297. The number of carbonyl (C=O) groups excluding carboxylic acids is 1. The minimum Gasteiger partial charge on any atom is -0.459 e. The number of nitrogens with zero attached hydrogens (tertiary/aromatic N) is 1. The number of rotatable bonds is 3. The summed E-state index contributed by atoms with van der Waals surface area (Å²) in [5.41, 5.74) is 5.34. The maximum atomic E-state index is 11.6. The molecule has 1 saturated heterocycles. The number of esters is 1. The second-order valence-corrected chi connectivity index (χ2v) is 5.15. The predicted molar refractivity (Wildman–Crippen MR) is 59.5 cm³/mol. The van der Waals surface area contributed by atoms with Crippen molar-refractivity contribution >= 4 is 5.97 Å². The van der Waals surface area contributed by atoms with Crippen LogP contribution >= 0.6 is 0 Å². The van der Waals surface area contributed by atoms with Crippen LogP contribution in [0.1, 0.15) is 33.6 Å². The second-order valence-electron chi connectivity index (χ2n) is 5.15. The summed E-state index contributed by atoms with van der Waals surface area (Å²) in [6.45, 7) is 8.29. The van der Waals surface area contributed by atoms with E-state index in [9.17, 15) is 4.79 Å². The van der Waals surface area contributed by atoms with Crippen LogP contribution in [-0.2, 0) is 9.53 Å². The molecule has 1 aliphatic heterocycles. The lowest BCUT2D eigenvalue weighted by Crippen LogP contribution is -2.44. The fourth-order valence-corrected chi connectivity index (χ4v) is 1.70. The zero-order valence-corrected chi connectivity index (χ0v) is 9.95. The number of likely N-dealkylation sites (tertiary alicyclic amines) is 1. The van der Waals surface area contributed by atoms with Gasteiger partial charge in [-0.1, -0.05) is 0 Å². The molecule has 1 aliphatic rings. The smallest absolute Gasteiger partial charge is 0.324 e. The summed E-state index contributed by atoms with van der Waals surface area (Å²) < 4.78 is 5.22. The number of hydrogen-bond acceptors (Lipinski definition) is 4. The lowest BCUT2D eigenvalue weighted by Gasteiger charge is -2.24. The molecule has 0 amide bonds. The van der Waals surface area contributed by atoms with E-state index in [1.54, 1.807) is 0 Å². The van der Waals surface area contributed by atoms with Crippen molar-refractivity contribution in [1.29, 1.82) is 0 Å². The molecular formula is C11H22N2O2. The van der Waals surface area contributed by atoms with E-state index in [0.717, 1.165) is 13.1 Å². The molecule has 4 nitrogen and oxygen atoms in total. The van der Waals surface area contributed by atoms with Crippen molar-refractivity contribution in [3.63, 3.8) is 0 Å². The van der Waals surface area contributed by atoms with E-state index in [2.05, 4.69) is 4.90 Å². The molecule has 0 radical (unpaired) electrons. The molecular weight excluding hydrogens is 192 g/mol. The minimum atomic E-state index is -0.512. The molecule has 0 aromatic rings. The van der Waals surface area contributed by atoms with Crippen LogP contribution in [0.4, 0.5) is 0 Å². The van der Waals surface area contributed by atoms with Crippen LogP contribution in [-0.4, -0.2) is 42.1 Å². The van der Waals surface area contributed by atoms with E-state index in [1.165, 1.54) is 12.8 Å². The Hall–Kier alpha value is -0.610. The molecule has 1 rings (SSSR count). The van der Waals surface area contributed by atoms with Gasteiger partial charge in [0.15, 0.2) is 0 Å². The first-order chi connectivity index (χ1) is 6.88. The van der Waals surface area contributed by atoms with E-state index < -0.39 is 11.6 Å². The van der Waals surface area contributed by atoms with E-state index in [4.69, 9.17) is 10.5 Å². The highest BCUT2D eigenvalue weighted by atomic mass is 16.6. The molecule has 1 heterocycles. The highest BCUT2D eigenvalue weighted by Crippen LogP contribution is 2.10. The van der Waals surface area contributed by atoms with Gasteiger partial charge in [0.05, 0.1) is 0 Å². The topological polar surface area (TPSA) is 55.6 Å². The molecule has 1 atom stereocenters. The Bertz CT molecular complexity index is 217. The first-order valence-electron chi connectivity index (χ1n) is 5.59. The number of ether oxygens (including phenoxy) is 1. The molecule has 1 fully saturated rings. The Morgan fingerprint density at radius 2 is 1.93 bits per heavy atom. The monoisotopic (exact) mass is 214 g/mol. The fourth-order valence-electron chi connectivity index (χ4n) is 1.70. The zero-order valence-electron chi connectivity index (χ0n) is 9.95. The Morgan fingerprint density at radius 1 is 1.40 bits per heavy atom. The van der Waals surface area contributed by atoms with Crippen LogP contribution in [0.25, 0.3) is 0 Å². The van der Waals surface area contributed by atoms with Gasteiger partial charge in [-0.3, -0.25) is 4.79 Å². The highest BCUT2D eigenvalue weighted by molar-refractivity contribution is 5.76. The van der Waals surface area contributed by atoms with Crippen LogP contribution < -0.4 is 5.73 Å². The normalized spacial score (nSPS) is 20.3. The molecule has 0 bridgehead atoms. The van der Waals surface area contributed by atoms with Gasteiger partial charge < -0.3 is 15.4 Å². The molecule has 0 spiro atoms. The molecule has 0 aliphatic carbocycles. The predicted octanol–water partition coefficient (Wildman–Crippen LogP) is 0.751. The van der Waals surface area contributed by atoms with Gasteiger partial charge in [0.1, 0.15) is 11.6 Å². The molecule has 1 unspecified atom stereocenters. The summed E-state index contributed by atoms with van der Waals surface area (Å²) >= 11 is 0. The van der Waals surface area contributed by atoms with Crippen LogP contribution in [0.3, 0.4) is 0 Å². The van der Waals surface area contributed by atoms with E-state index in [-0.39, 0.29) is 5.97 Å². The number of hydrogen-bond donors (Lipinski definition) is 1. The van der Waals surface area contributed by atoms with Gasteiger partial charge in [0.2, 0.25) is 0 Å². The lowest BCUT2D eigenvalue weighted by molar-refractivity contribution is -0.156. The third kappa shape index (κ3) is 4.62. The molecule has 0 aromatic carbocycles. The Morgan fingerprint density at radius 3 is 2.40 bits per heavy atom. The quantitative estimate of drug-likeness (QED) is 0.704. The summed E-state index contributed by atoms with van der Waals surface area (Å²) in [6.07, 6.45) is 2.42. The van der Waals surface area contributed by atoms with E-state index >= 15 is 0 Å².